The van der Waals surface area contributed by atoms with Crippen molar-refractivity contribution in [3.8, 4) is 16.9 Å². The largest absolute Gasteiger partial charge is 0.355 e. The van der Waals surface area contributed by atoms with Crippen LogP contribution in [0.5, 0.6) is 0 Å². The minimum atomic E-state index is -0.125. The van der Waals surface area contributed by atoms with E-state index in [1.807, 2.05) is 48.1 Å². The van der Waals surface area contributed by atoms with E-state index in [0.717, 1.165) is 40.0 Å². The number of hydrogen-bond acceptors (Lipinski definition) is 3. The Labute approximate surface area is 164 Å². The lowest BCUT2D eigenvalue weighted by Gasteiger charge is -2.09. The van der Waals surface area contributed by atoms with Gasteiger partial charge in [-0.25, -0.2) is 9.67 Å². The van der Waals surface area contributed by atoms with Crippen LogP contribution in [0.3, 0.4) is 0 Å². The number of aryl methyl sites for hydroxylation is 1. The van der Waals surface area contributed by atoms with E-state index < -0.39 is 0 Å². The summed E-state index contributed by atoms with van der Waals surface area (Å²) in [6.07, 6.45) is 2.82. The first kappa shape index (κ1) is 17.9. The molecule has 2 aromatic heterocycles. The number of nitrogens with zero attached hydrogens (tertiary/aromatic N) is 3. The molecule has 2 aromatic carbocycles. The molecular weight excluding hydrogens is 348 g/mol. The first-order valence-electron chi connectivity index (χ1n) is 9.38. The van der Waals surface area contributed by atoms with Crippen molar-refractivity contribution in [3.05, 3.63) is 77.6 Å². The average molecular weight is 370 g/mol. The fraction of sp³-hybridized carbons (Fsp3) is 0.174. The summed E-state index contributed by atoms with van der Waals surface area (Å²) in [5.41, 5.74) is 6.34. The maximum absolute atomic E-state index is 12.4. The van der Waals surface area contributed by atoms with Gasteiger partial charge in [0.05, 0.1) is 34.4 Å². The Morgan fingerprint density at radius 2 is 1.86 bits per heavy atom. The molecule has 5 nitrogen and oxygen atoms in total. The van der Waals surface area contributed by atoms with Crippen molar-refractivity contribution in [1.82, 2.24) is 20.1 Å². The third-order valence-electron chi connectivity index (χ3n) is 5.06. The van der Waals surface area contributed by atoms with Crippen LogP contribution in [0.25, 0.3) is 27.8 Å². The molecule has 4 rings (SSSR count). The van der Waals surface area contributed by atoms with Crippen molar-refractivity contribution in [1.29, 1.82) is 0 Å². The highest BCUT2D eigenvalue weighted by molar-refractivity contribution is 6.07. The Morgan fingerprint density at radius 3 is 2.57 bits per heavy atom. The van der Waals surface area contributed by atoms with Gasteiger partial charge in [0.25, 0.3) is 5.91 Å². The zero-order chi connectivity index (χ0) is 19.7. The number of fused-ring (bicyclic) bond motifs is 1. The lowest BCUT2D eigenvalue weighted by molar-refractivity contribution is 0.0964. The van der Waals surface area contributed by atoms with E-state index in [9.17, 15) is 4.79 Å². The zero-order valence-corrected chi connectivity index (χ0v) is 16.2. The van der Waals surface area contributed by atoms with Gasteiger partial charge in [-0.15, -0.1) is 0 Å². The van der Waals surface area contributed by atoms with E-state index in [1.165, 1.54) is 5.56 Å². The highest BCUT2D eigenvalue weighted by Crippen LogP contribution is 2.28. The zero-order valence-electron chi connectivity index (χ0n) is 16.2. The molecule has 2 heterocycles. The van der Waals surface area contributed by atoms with Gasteiger partial charge in [-0.3, -0.25) is 4.79 Å². The minimum Gasteiger partial charge on any atom is -0.355 e. The smallest absolute Gasteiger partial charge is 0.251 e. The molecule has 0 saturated carbocycles. The standard InChI is InChI=1S/C23H22N4O/c1-4-16-9-11-17(12-10-16)27-15(2)20(14-25-27)22-13-19(23(28)24-3)18-7-5-6-8-21(18)26-22/h5-14H,4H2,1-3H3,(H,24,28). The Morgan fingerprint density at radius 1 is 1.11 bits per heavy atom. The van der Waals surface area contributed by atoms with Crippen molar-refractivity contribution in [2.24, 2.45) is 0 Å². The highest BCUT2D eigenvalue weighted by Gasteiger charge is 2.16. The van der Waals surface area contributed by atoms with Gasteiger partial charge in [0.1, 0.15) is 0 Å². The molecule has 140 valence electrons. The van der Waals surface area contributed by atoms with Crippen LogP contribution in [0, 0.1) is 6.92 Å². The molecule has 1 amide bonds. The molecule has 0 aliphatic carbocycles. The number of hydrogen-bond donors (Lipinski definition) is 1. The Balaban J connectivity index is 1.84. The van der Waals surface area contributed by atoms with Gasteiger partial charge in [0.2, 0.25) is 0 Å². The van der Waals surface area contributed by atoms with Crippen molar-refractivity contribution in [2.75, 3.05) is 7.05 Å². The Bertz CT molecular complexity index is 1160. The lowest BCUT2D eigenvalue weighted by Crippen LogP contribution is -2.18. The summed E-state index contributed by atoms with van der Waals surface area (Å²) in [7, 11) is 1.64. The van der Waals surface area contributed by atoms with Gasteiger partial charge in [-0.2, -0.15) is 5.10 Å². The van der Waals surface area contributed by atoms with Gasteiger partial charge >= 0.3 is 0 Å². The van der Waals surface area contributed by atoms with Gasteiger partial charge in [0, 0.05) is 18.0 Å². The molecule has 0 aliphatic heterocycles. The number of aromatic nitrogens is 3. The van der Waals surface area contributed by atoms with Crippen LogP contribution in [0.2, 0.25) is 0 Å². The Kier molecular flexibility index (Phi) is 4.65. The lowest BCUT2D eigenvalue weighted by atomic mass is 10.0. The first-order valence-corrected chi connectivity index (χ1v) is 9.38. The fourth-order valence-electron chi connectivity index (χ4n) is 3.43. The van der Waals surface area contributed by atoms with Gasteiger partial charge < -0.3 is 5.32 Å². The summed E-state index contributed by atoms with van der Waals surface area (Å²) in [6.45, 7) is 4.16. The maximum Gasteiger partial charge on any atom is 0.251 e. The molecular formula is C23H22N4O. The van der Waals surface area contributed by atoms with Gasteiger partial charge in [-0.05, 0) is 43.2 Å². The summed E-state index contributed by atoms with van der Waals surface area (Å²) < 4.78 is 1.91. The number of nitrogens with one attached hydrogen (secondary N) is 1. The Hall–Kier alpha value is -3.47. The van der Waals surface area contributed by atoms with E-state index in [4.69, 9.17) is 4.98 Å². The number of rotatable bonds is 4. The van der Waals surface area contributed by atoms with E-state index in [1.54, 1.807) is 7.05 Å². The molecule has 0 bridgehead atoms. The van der Waals surface area contributed by atoms with Crippen LogP contribution in [-0.4, -0.2) is 27.7 Å². The molecule has 0 spiro atoms. The van der Waals surface area contributed by atoms with Crippen molar-refractivity contribution in [2.45, 2.75) is 20.3 Å². The van der Waals surface area contributed by atoms with Gasteiger partial charge in [-0.1, -0.05) is 37.3 Å². The molecule has 0 saturated heterocycles. The number of para-hydroxylation sites is 1. The molecule has 0 atom stereocenters. The number of carbonyl (C=O) groups excluding carboxylic acids is 1. The first-order chi connectivity index (χ1) is 13.6. The third kappa shape index (κ3) is 3.05. The summed E-state index contributed by atoms with van der Waals surface area (Å²) >= 11 is 0. The van der Waals surface area contributed by atoms with Crippen LogP contribution in [0.1, 0.15) is 28.5 Å². The van der Waals surface area contributed by atoms with E-state index in [0.29, 0.717) is 5.56 Å². The maximum atomic E-state index is 12.4. The van der Waals surface area contributed by atoms with Crippen molar-refractivity contribution in [3.63, 3.8) is 0 Å². The fourth-order valence-corrected chi connectivity index (χ4v) is 3.43. The summed E-state index contributed by atoms with van der Waals surface area (Å²) in [5.74, 6) is -0.125. The topological polar surface area (TPSA) is 59.8 Å². The molecule has 5 heteroatoms. The normalized spacial score (nSPS) is 11.0. The number of pyridine rings is 1. The van der Waals surface area contributed by atoms with Crippen LogP contribution >= 0.6 is 0 Å². The SMILES string of the molecule is CCc1ccc(-n2ncc(-c3cc(C(=O)NC)c4ccccc4n3)c2C)cc1. The van der Waals surface area contributed by atoms with Crippen LogP contribution < -0.4 is 5.32 Å². The third-order valence-corrected chi connectivity index (χ3v) is 5.06. The number of benzene rings is 2. The number of carbonyl (C=O) groups is 1. The molecule has 4 aromatic rings. The molecule has 0 unspecified atom stereocenters. The summed E-state index contributed by atoms with van der Waals surface area (Å²) in [5, 5.41) is 8.13. The highest BCUT2D eigenvalue weighted by atomic mass is 16.1. The predicted molar refractivity (Wildman–Crippen MR) is 112 cm³/mol. The predicted octanol–water partition coefficient (Wildman–Crippen LogP) is 4.32. The summed E-state index contributed by atoms with van der Waals surface area (Å²) in [4.78, 5) is 17.2. The monoisotopic (exact) mass is 370 g/mol. The van der Waals surface area contributed by atoms with Crippen LogP contribution in [0.15, 0.2) is 60.8 Å². The second-order valence-corrected chi connectivity index (χ2v) is 6.73. The molecule has 28 heavy (non-hydrogen) atoms. The van der Waals surface area contributed by atoms with Crippen LogP contribution in [-0.2, 0) is 6.42 Å². The molecule has 0 radical (unpaired) electrons. The molecule has 0 fully saturated rings. The van der Waals surface area contributed by atoms with E-state index in [-0.39, 0.29) is 5.91 Å². The van der Waals surface area contributed by atoms with E-state index >= 15 is 0 Å². The minimum absolute atomic E-state index is 0.125. The quantitative estimate of drug-likeness (QED) is 0.582. The van der Waals surface area contributed by atoms with Crippen LogP contribution in [0.4, 0.5) is 0 Å². The summed E-state index contributed by atoms with van der Waals surface area (Å²) in [6, 6.07) is 17.9. The molecule has 1 N–H and O–H groups in total. The van der Waals surface area contributed by atoms with E-state index in [2.05, 4.69) is 41.6 Å². The second-order valence-electron chi connectivity index (χ2n) is 6.73. The van der Waals surface area contributed by atoms with Crippen molar-refractivity contribution >= 4 is 16.8 Å². The average Bonchev–Trinajstić information content (AvgIpc) is 3.13. The second kappa shape index (κ2) is 7.27. The number of amides is 1. The van der Waals surface area contributed by atoms with Crippen molar-refractivity contribution < 1.29 is 4.79 Å². The molecule has 0 aliphatic rings. The van der Waals surface area contributed by atoms with Gasteiger partial charge in [0.15, 0.2) is 0 Å².